The van der Waals surface area contributed by atoms with Crippen molar-refractivity contribution in [3.05, 3.63) is 69.3 Å². The third-order valence-corrected chi connectivity index (χ3v) is 6.07. The zero-order valence-electron chi connectivity index (χ0n) is 19.8. The summed E-state index contributed by atoms with van der Waals surface area (Å²) in [5.74, 6) is 1.08. The van der Waals surface area contributed by atoms with E-state index in [1.807, 2.05) is 63.2 Å². The molecule has 0 radical (unpaired) electrons. The molecule has 1 aliphatic carbocycles. The fraction of sp³-hybridized carbons (Fsp3) is 0.360. The summed E-state index contributed by atoms with van der Waals surface area (Å²) in [6.45, 7) is 5.23. The quantitative estimate of drug-likeness (QED) is 0.601. The number of hydrogen-bond acceptors (Lipinski definition) is 7. The molecule has 0 fully saturated rings. The van der Waals surface area contributed by atoms with Gasteiger partial charge in [-0.15, -0.1) is 0 Å². The lowest BCUT2D eigenvalue weighted by molar-refractivity contribution is -0.146. The minimum atomic E-state index is -0.362. The maximum Gasteiger partial charge on any atom is 0.302 e. The van der Waals surface area contributed by atoms with E-state index in [0.717, 1.165) is 22.5 Å². The standard InChI is InChI=1S/C25H29N5O3/c1-14-11-21(29(4)5)26-13-19(14)23-25(32)30(6)24(15(2)27-23)28-22-18-10-8-7-9-17(18)12-20(22)33-16(3)31/h7-11,13,20,22,28H,12H2,1-6H3/t20-,22+/m0/s1. The van der Waals surface area contributed by atoms with Crippen molar-refractivity contribution in [1.29, 1.82) is 0 Å². The van der Waals surface area contributed by atoms with E-state index < -0.39 is 0 Å². The summed E-state index contributed by atoms with van der Waals surface area (Å²) in [5, 5.41) is 3.45. The lowest BCUT2D eigenvalue weighted by Gasteiger charge is -2.25. The number of fused-ring (bicyclic) bond motifs is 1. The third kappa shape index (κ3) is 4.20. The van der Waals surface area contributed by atoms with Gasteiger partial charge in [0.25, 0.3) is 5.56 Å². The molecule has 0 amide bonds. The Morgan fingerprint density at radius 1 is 1.24 bits per heavy atom. The van der Waals surface area contributed by atoms with E-state index in [1.54, 1.807) is 17.8 Å². The van der Waals surface area contributed by atoms with Gasteiger partial charge in [0, 0.05) is 46.2 Å². The van der Waals surface area contributed by atoms with Gasteiger partial charge in [-0.2, -0.15) is 0 Å². The number of hydrogen-bond donors (Lipinski definition) is 1. The van der Waals surface area contributed by atoms with E-state index in [9.17, 15) is 9.59 Å². The molecule has 33 heavy (non-hydrogen) atoms. The number of benzene rings is 1. The topological polar surface area (TPSA) is 89.3 Å². The van der Waals surface area contributed by atoms with Gasteiger partial charge in [0.05, 0.1) is 11.7 Å². The molecule has 0 saturated heterocycles. The molecule has 0 unspecified atom stereocenters. The predicted octanol–water partition coefficient (Wildman–Crippen LogP) is 3.17. The first-order chi connectivity index (χ1) is 15.7. The van der Waals surface area contributed by atoms with Crippen LogP contribution in [-0.4, -0.2) is 40.7 Å². The fourth-order valence-electron chi connectivity index (χ4n) is 4.38. The van der Waals surface area contributed by atoms with Gasteiger partial charge in [0.1, 0.15) is 23.4 Å². The maximum atomic E-state index is 13.3. The van der Waals surface area contributed by atoms with Crippen LogP contribution < -0.4 is 15.8 Å². The van der Waals surface area contributed by atoms with Gasteiger partial charge < -0.3 is 15.0 Å². The number of rotatable bonds is 5. The van der Waals surface area contributed by atoms with E-state index in [2.05, 4.69) is 15.3 Å². The molecular formula is C25H29N5O3. The summed E-state index contributed by atoms with van der Waals surface area (Å²) in [4.78, 5) is 36.1. The number of aryl methyl sites for hydroxylation is 2. The number of carbonyl (C=O) groups is 1. The van der Waals surface area contributed by atoms with Crippen molar-refractivity contribution in [2.24, 2.45) is 7.05 Å². The van der Waals surface area contributed by atoms with E-state index in [0.29, 0.717) is 29.2 Å². The van der Waals surface area contributed by atoms with Crippen molar-refractivity contribution in [3.8, 4) is 11.3 Å². The molecule has 2 heterocycles. The Bertz CT molecular complexity index is 1280. The molecule has 2 aromatic heterocycles. The van der Waals surface area contributed by atoms with Crippen molar-refractivity contribution >= 4 is 17.6 Å². The number of carbonyl (C=O) groups excluding carboxylic acids is 1. The van der Waals surface area contributed by atoms with E-state index in [-0.39, 0.29) is 23.7 Å². The Labute approximate surface area is 193 Å². The number of pyridine rings is 1. The average Bonchev–Trinajstić information content (AvgIpc) is 3.10. The first-order valence-electron chi connectivity index (χ1n) is 10.9. The van der Waals surface area contributed by atoms with Crippen molar-refractivity contribution in [1.82, 2.24) is 14.5 Å². The van der Waals surface area contributed by atoms with Gasteiger partial charge in [-0.1, -0.05) is 24.3 Å². The molecule has 1 aliphatic rings. The van der Waals surface area contributed by atoms with Crippen LogP contribution in [0, 0.1) is 13.8 Å². The Kier molecular flexibility index (Phi) is 5.93. The van der Waals surface area contributed by atoms with Gasteiger partial charge in [0.2, 0.25) is 0 Å². The van der Waals surface area contributed by atoms with Gasteiger partial charge in [0.15, 0.2) is 0 Å². The van der Waals surface area contributed by atoms with Crippen LogP contribution in [0.4, 0.5) is 11.6 Å². The molecule has 2 atom stereocenters. The van der Waals surface area contributed by atoms with Gasteiger partial charge >= 0.3 is 5.97 Å². The molecule has 1 N–H and O–H groups in total. The molecule has 4 rings (SSSR count). The monoisotopic (exact) mass is 447 g/mol. The average molecular weight is 448 g/mol. The van der Waals surface area contributed by atoms with Crippen LogP contribution >= 0.6 is 0 Å². The summed E-state index contributed by atoms with van der Waals surface area (Å²) >= 11 is 0. The first kappa shape index (κ1) is 22.5. The molecule has 172 valence electrons. The lowest BCUT2D eigenvalue weighted by Crippen LogP contribution is -2.31. The first-order valence-corrected chi connectivity index (χ1v) is 10.9. The molecule has 0 bridgehead atoms. The van der Waals surface area contributed by atoms with Crippen LogP contribution in [0.15, 0.2) is 41.3 Å². The minimum Gasteiger partial charge on any atom is -0.460 e. The summed E-state index contributed by atoms with van der Waals surface area (Å²) in [6.07, 6.45) is 1.96. The highest BCUT2D eigenvalue weighted by Gasteiger charge is 2.35. The molecule has 3 aromatic rings. The number of esters is 1. The summed E-state index contributed by atoms with van der Waals surface area (Å²) in [7, 11) is 5.57. The second-order valence-corrected chi connectivity index (χ2v) is 8.68. The van der Waals surface area contributed by atoms with Crippen molar-refractivity contribution in [2.45, 2.75) is 39.3 Å². The molecule has 0 saturated carbocycles. The largest absolute Gasteiger partial charge is 0.460 e. The lowest BCUT2D eigenvalue weighted by atomic mass is 10.1. The Hall–Kier alpha value is -3.68. The number of aromatic nitrogens is 3. The van der Waals surface area contributed by atoms with Crippen molar-refractivity contribution in [2.75, 3.05) is 24.3 Å². The smallest absolute Gasteiger partial charge is 0.302 e. The molecule has 1 aromatic carbocycles. The Balaban J connectivity index is 1.74. The number of nitrogens with one attached hydrogen (secondary N) is 1. The van der Waals surface area contributed by atoms with Crippen LogP contribution in [0.1, 0.15) is 35.3 Å². The highest BCUT2D eigenvalue weighted by Crippen LogP contribution is 2.36. The Morgan fingerprint density at radius 2 is 1.97 bits per heavy atom. The van der Waals surface area contributed by atoms with Gasteiger partial charge in [-0.3, -0.25) is 14.2 Å². The van der Waals surface area contributed by atoms with Crippen LogP contribution in [-0.2, 0) is 23.0 Å². The Morgan fingerprint density at radius 3 is 2.64 bits per heavy atom. The van der Waals surface area contributed by atoms with Crippen molar-refractivity contribution < 1.29 is 9.53 Å². The third-order valence-electron chi connectivity index (χ3n) is 6.07. The second-order valence-electron chi connectivity index (χ2n) is 8.68. The normalized spacial score (nSPS) is 16.9. The minimum absolute atomic E-state index is 0.221. The van der Waals surface area contributed by atoms with Crippen LogP contribution in [0.2, 0.25) is 0 Å². The summed E-state index contributed by atoms with van der Waals surface area (Å²) in [6, 6.07) is 9.66. The highest BCUT2D eigenvalue weighted by molar-refractivity contribution is 5.67. The number of ether oxygens (including phenoxy) is 1. The summed E-state index contributed by atoms with van der Waals surface area (Å²) < 4.78 is 7.18. The van der Waals surface area contributed by atoms with Crippen LogP contribution in [0.25, 0.3) is 11.3 Å². The van der Waals surface area contributed by atoms with Crippen LogP contribution in [0.5, 0.6) is 0 Å². The molecule has 8 nitrogen and oxygen atoms in total. The fourth-order valence-corrected chi connectivity index (χ4v) is 4.38. The van der Waals surface area contributed by atoms with Gasteiger partial charge in [-0.05, 0) is 36.6 Å². The van der Waals surface area contributed by atoms with E-state index >= 15 is 0 Å². The predicted molar refractivity (Wildman–Crippen MR) is 129 cm³/mol. The summed E-state index contributed by atoms with van der Waals surface area (Å²) in [5.41, 5.74) is 4.63. The van der Waals surface area contributed by atoms with Gasteiger partial charge in [-0.25, -0.2) is 9.97 Å². The SMILES string of the molecule is CC(=O)O[C@H]1Cc2ccccc2[C@H]1Nc1c(C)nc(-c2cnc(N(C)C)cc2C)c(=O)n1C. The molecule has 0 spiro atoms. The second kappa shape index (κ2) is 8.69. The number of anilines is 2. The molecule has 0 aliphatic heterocycles. The highest BCUT2D eigenvalue weighted by atomic mass is 16.5. The zero-order chi connectivity index (χ0) is 23.9. The number of nitrogens with zero attached hydrogens (tertiary/aromatic N) is 4. The maximum absolute atomic E-state index is 13.3. The van der Waals surface area contributed by atoms with Crippen LogP contribution in [0.3, 0.4) is 0 Å². The van der Waals surface area contributed by atoms with Crippen molar-refractivity contribution in [3.63, 3.8) is 0 Å². The van der Waals surface area contributed by atoms with E-state index in [1.165, 1.54) is 6.92 Å². The van der Waals surface area contributed by atoms with E-state index in [4.69, 9.17) is 4.74 Å². The molecule has 8 heteroatoms. The molecular weight excluding hydrogens is 418 g/mol. The zero-order valence-corrected chi connectivity index (χ0v) is 19.8.